The number of alkyl halides is 1. The highest BCUT2D eigenvalue weighted by Crippen LogP contribution is 2.26. The molecule has 1 aromatic rings. The summed E-state index contributed by atoms with van der Waals surface area (Å²) in [6, 6.07) is 4.59. The lowest BCUT2D eigenvalue weighted by Gasteiger charge is -2.05. The summed E-state index contributed by atoms with van der Waals surface area (Å²) < 4.78 is 13.1. The summed E-state index contributed by atoms with van der Waals surface area (Å²) >= 11 is 8.98. The maximum Gasteiger partial charge on any atom is 0.132 e. The molecule has 1 aromatic carbocycles. The van der Waals surface area contributed by atoms with Crippen molar-refractivity contribution in [2.24, 2.45) is 0 Å². The lowest BCUT2D eigenvalue weighted by atomic mass is 10.1. The molecule has 0 aliphatic carbocycles. The Labute approximate surface area is 84.2 Å². The molecular weight excluding hydrogens is 242 g/mol. The van der Waals surface area contributed by atoms with Crippen LogP contribution in [0.4, 0.5) is 4.39 Å². The van der Waals surface area contributed by atoms with Gasteiger partial charge in [-0.2, -0.15) is 0 Å². The fraction of sp³-hybridized carbons (Fsp3) is 0.111. The van der Waals surface area contributed by atoms with Gasteiger partial charge in [0, 0.05) is 10.9 Å². The van der Waals surface area contributed by atoms with Gasteiger partial charge in [0.25, 0.3) is 0 Å². The quantitative estimate of drug-likeness (QED) is 0.698. The smallest absolute Gasteiger partial charge is 0.132 e. The van der Waals surface area contributed by atoms with Crippen LogP contribution < -0.4 is 0 Å². The topological polar surface area (TPSA) is 0 Å². The summed E-state index contributed by atoms with van der Waals surface area (Å²) in [5, 5.41) is 0.924. The molecule has 0 heterocycles. The molecule has 0 saturated carbocycles. The molecule has 0 aromatic heterocycles. The number of benzene rings is 1. The minimum absolute atomic E-state index is 0.327. The van der Waals surface area contributed by atoms with Crippen LogP contribution in [0.25, 0.3) is 5.57 Å². The number of halogens is 3. The van der Waals surface area contributed by atoms with Crippen LogP contribution in [0.15, 0.2) is 24.8 Å². The Bertz CT molecular complexity index is 289. The molecule has 12 heavy (non-hydrogen) atoms. The molecule has 0 nitrogen and oxygen atoms in total. The Morgan fingerprint density at radius 2 is 2.25 bits per heavy atom. The Balaban J connectivity index is 3.21. The van der Waals surface area contributed by atoms with Crippen LogP contribution in [0.3, 0.4) is 0 Å². The molecule has 1 rings (SSSR count). The molecule has 0 amide bonds. The van der Waals surface area contributed by atoms with Gasteiger partial charge in [-0.3, -0.25) is 0 Å². The van der Waals surface area contributed by atoms with Crippen LogP contribution in [0, 0.1) is 5.82 Å². The van der Waals surface area contributed by atoms with E-state index in [0.29, 0.717) is 21.5 Å². The predicted molar refractivity (Wildman–Crippen MR) is 54.2 cm³/mol. The Kier molecular flexibility index (Phi) is 3.29. The molecule has 0 N–H and O–H groups in total. The predicted octanol–water partition coefficient (Wildman–Crippen LogP) is 3.89. The average Bonchev–Trinajstić information content (AvgIpc) is 2.03. The van der Waals surface area contributed by atoms with Gasteiger partial charge in [-0.05, 0) is 17.7 Å². The van der Waals surface area contributed by atoms with E-state index in [9.17, 15) is 4.39 Å². The van der Waals surface area contributed by atoms with Crippen molar-refractivity contribution in [1.82, 2.24) is 0 Å². The summed E-state index contributed by atoms with van der Waals surface area (Å²) in [6.45, 7) is 3.69. The lowest BCUT2D eigenvalue weighted by molar-refractivity contribution is 0.624. The van der Waals surface area contributed by atoms with Crippen molar-refractivity contribution in [3.63, 3.8) is 0 Å². The second-order valence-electron chi connectivity index (χ2n) is 2.33. The SMILES string of the molecule is C=C(CBr)c1c(F)cccc1Cl. The van der Waals surface area contributed by atoms with Crippen molar-refractivity contribution < 1.29 is 4.39 Å². The maximum absolute atomic E-state index is 13.1. The number of allylic oxidation sites excluding steroid dienone is 1. The van der Waals surface area contributed by atoms with E-state index in [1.807, 2.05) is 0 Å². The minimum Gasteiger partial charge on any atom is -0.206 e. The van der Waals surface area contributed by atoms with Crippen LogP contribution in [0.2, 0.25) is 5.02 Å². The average molecular weight is 250 g/mol. The van der Waals surface area contributed by atoms with Crippen molar-refractivity contribution in [3.8, 4) is 0 Å². The van der Waals surface area contributed by atoms with Crippen molar-refractivity contribution in [2.75, 3.05) is 5.33 Å². The molecule has 64 valence electrons. The van der Waals surface area contributed by atoms with Crippen LogP contribution in [-0.4, -0.2) is 5.33 Å². The van der Waals surface area contributed by atoms with Crippen molar-refractivity contribution in [2.45, 2.75) is 0 Å². The standard InChI is InChI=1S/C9H7BrClF/c1-6(5-10)9-7(11)3-2-4-8(9)12/h2-4H,1,5H2. The first-order chi connectivity index (χ1) is 5.66. The van der Waals surface area contributed by atoms with Crippen molar-refractivity contribution in [1.29, 1.82) is 0 Å². The van der Waals surface area contributed by atoms with Gasteiger partial charge in [-0.25, -0.2) is 4.39 Å². The lowest BCUT2D eigenvalue weighted by Crippen LogP contribution is -1.90. The Hall–Kier alpha value is -0.340. The van der Waals surface area contributed by atoms with Gasteiger partial charge in [0.2, 0.25) is 0 Å². The summed E-state index contributed by atoms with van der Waals surface area (Å²) in [4.78, 5) is 0. The first kappa shape index (κ1) is 9.75. The normalized spacial score (nSPS) is 9.92. The zero-order valence-corrected chi connectivity index (χ0v) is 8.62. The van der Waals surface area contributed by atoms with Crippen LogP contribution >= 0.6 is 27.5 Å². The molecule has 0 aliphatic rings. The van der Waals surface area contributed by atoms with E-state index in [-0.39, 0.29) is 5.82 Å². The van der Waals surface area contributed by atoms with E-state index in [0.717, 1.165) is 0 Å². The first-order valence-corrected chi connectivity index (χ1v) is 4.85. The molecular formula is C9H7BrClF. The fourth-order valence-corrected chi connectivity index (χ4v) is 1.48. The van der Waals surface area contributed by atoms with Crippen LogP contribution in [-0.2, 0) is 0 Å². The van der Waals surface area contributed by atoms with Gasteiger partial charge >= 0.3 is 0 Å². The van der Waals surface area contributed by atoms with E-state index in [4.69, 9.17) is 11.6 Å². The number of hydrogen-bond acceptors (Lipinski definition) is 0. The van der Waals surface area contributed by atoms with Gasteiger partial charge in [-0.15, -0.1) is 0 Å². The summed E-state index contributed by atoms with van der Waals surface area (Å²) in [5.41, 5.74) is 1.05. The third-order valence-corrected chi connectivity index (χ3v) is 2.47. The monoisotopic (exact) mass is 248 g/mol. The molecule has 0 unspecified atom stereocenters. The zero-order valence-electron chi connectivity index (χ0n) is 6.28. The molecule has 0 bridgehead atoms. The Morgan fingerprint density at radius 1 is 1.58 bits per heavy atom. The van der Waals surface area contributed by atoms with Gasteiger partial charge in [-0.1, -0.05) is 40.2 Å². The molecule has 0 saturated heterocycles. The largest absolute Gasteiger partial charge is 0.206 e. The van der Waals surface area contributed by atoms with Crippen molar-refractivity contribution >= 4 is 33.1 Å². The van der Waals surface area contributed by atoms with E-state index in [1.54, 1.807) is 12.1 Å². The summed E-state index contributed by atoms with van der Waals surface area (Å²) in [6.07, 6.45) is 0. The van der Waals surface area contributed by atoms with Crippen molar-refractivity contribution in [3.05, 3.63) is 41.2 Å². The summed E-state index contributed by atoms with van der Waals surface area (Å²) in [7, 11) is 0. The van der Waals surface area contributed by atoms with E-state index >= 15 is 0 Å². The Morgan fingerprint density at radius 3 is 2.75 bits per heavy atom. The third kappa shape index (κ3) is 1.87. The highest BCUT2D eigenvalue weighted by molar-refractivity contribution is 9.09. The molecule has 0 atom stereocenters. The van der Waals surface area contributed by atoms with Crippen LogP contribution in [0.5, 0.6) is 0 Å². The molecule has 0 aliphatic heterocycles. The molecule has 0 radical (unpaired) electrons. The third-order valence-electron chi connectivity index (χ3n) is 1.48. The minimum atomic E-state index is -0.327. The first-order valence-electron chi connectivity index (χ1n) is 3.35. The number of hydrogen-bond donors (Lipinski definition) is 0. The van der Waals surface area contributed by atoms with E-state index < -0.39 is 0 Å². The number of rotatable bonds is 2. The van der Waals surface area contributed by atoms with Crippen LogP contribution in [0.1, 0.15) is 5.56 Å². The molecule has 0 spiro atoms. The van der Waals surface area contributed by atoms with E-state index in [2.05, 4.69) is 22.5 Å². The van der Waals surface area contributed by atoms with Gasteiger partial charge in [0.15, 0.2) is 0 Å². The van der Waals surface area contributed by atoms with Gasteiger partial charge in [0.05, 0.1) is 5.02 Å². The van der Waals surface area contributed by atoms with Gasteiger partial charge < -0.3 is 0 Å². The second kappa shape index (κ2) is 4.06. The van der Waals surface area contributed by atoms with Gasteiger partial charge in [0.1, 0.15) is 5.82 Å². The van der Waals surface area contributed by atoms with E-state index in [1.165, 1.54) is 6.07 Å². The molecule has 3 heteroatoms. The molecule has 0 fully saturated rings. The maximum atomic E-state index is 13.1. The summed E-state index contributed by atoms with van der Waals surface area (Å²) in [5.74, 6) is -0.327. The second-order valence-corrected chi connectivity index (χ2v) is 3.30. The highest BCUT2D eigenvalue weighted by atomic mass is 79.9. The highest BCUT2D eigenvalue weighted by Gasteiger charge is 2.08. The zero-order chi connectivity index (χ0) is 9.14. The fourth-order valence-electron chi connectivity index (χ4n) is 0.902.